The number of carbonyl (C=O) groups excluding carboxylic acids is 1. The Labute approximate surface area is 109 Å². The van der Waals surface area contributed by atoms with Crippen LogP contribution in [-0.4, -0.2) is 23.9 Å². The summed E-state index contributed by atoms with van der Waals surface area (Å²) in [6.07, 6.45) is 5.48. The third kappa shape index (κ3) is 2.16. The predicted molar refractivity (Wildman–Crippen MR) is 72.5 cm³/mol. The fourth-order valence-corrected chi connectivity index (χ4v) is 2.99. The smallest absolute Gasteiger partial charge is 0.222 e. The molecule has 1 aliphatic carbocycles. The molecule has 0 aromatic heterocycles. The number of piperidine rings is 1. The number of nitrogens with zero attached hydrogens (tertiary/aromatic N) is 1. The van der Waals surface area contributed by atoms with Crippen molar-refractivity contribution in [3.63, 3.8) is 0 Å². The molecule has 1 amide bonds. The third-order valence-electron chi connectivity index (χ3n) is 4.43. The molecule has 1 heterocycles. The van der Waals surface area contributed by atoms with Crippen LogP contribution in [0.15, 0.2) is 24.3 Å². The van der Waals surface area contributed by atoms with Crippen molar-refractivity contribution in [2.75, 3.05) is 13.1 Å². The van der Waals surface area contributed by atoms with Crippen molar-refractivity contribution in [3.8, 4) is 0 Å². The summed E-state index contributed by atoms with van der Waals surface area (Å²) < 4.78 is 0. The minimum absolute atomic E-state index is 0.278. The Morgan fingerprint density at radius 3 is 2.50 bits per heavy atom. The van der Waals surface area contributed by atoms with Gasteiger partial charge >= 0.3 is 0 Å². The van der Waals surface area contributed by atoms with Crippen molar-refractivity contribution in [1.29, 1.82) is 0 Å². The number of hydrogen-bond acceptors (Lipinski definition) is 1. The highest BCUT2D eigenvalue weighted by molar-refractivity contribution is 5.77. The van der Waals surface area contributed by atoms with E-state index in [-0.39, 0.29) is 5.41 Å². The van der Waals surface area contributed by atoms with Crippen LogP contribution in [0.1, 0.15) is 43.2 Å². The summed E-state index contributed by atoms with van der Waals surface area (Å²) in [5.74, 6) is 0.361. The van der Waals surface area contributed by atoms with E-state index >= 15 is 0 Å². The fourth-order valence-electron chi connectivity index (χ4n) is 2.99. The number of hydrogen-bond donors (Lipinski definition) is 0. The zero-order valence-corrected chi connectivity index (χ0v) is 11.1. The predicted octanol–water partition coefficient (Wildman–Crippen LogP) is 3.04. The first kappa shape index (κ1) is 11.8. The standard InChI is InChI=1S/C16H21NO/c1-13-5-7-14(8-6-13)16(9-10-16)12-17-11-3-2-4-15(17)18/h5-8H,2-4,9-12H2,1H3. The summed E-state index contributed by atoms with van der Waals surface area (Å²) in [6.45, 7) is 4.03. The molecule has 1 aliphatic heterocycles. The van der Waals surface area contributed by atoms with Gasteiger partial charge in [0.1, 0.15) is 0 Å². The molecule has 2 heteroatoms. The second-order valence-corrected chi connectivity index (χ2v) is 5.92. The van der Waals surface area contributed by atoms with Crippen molar-refractivity contribution in [2.24, 2.45) is 0 Å². The summed E-state index contributed by atoms with van der Waals surface area (Å²) in [4.78, 5) is 14.0. The van der Waals surface area contributed by atoms with Gasteiger partial charge < -0.3 is 4.90 Å². The van der Waals surface area contributed by atoms with E-state index < -0.39 is 0 Å². The number of benzene rings is 1. The van der Waals surface area contributed by atoms with Gasteiger partial charge in [-0.25, -0.2) is 0 Å². The minimum atomic E-state index is 0.278. The molecule has 1 saturated heterocycles. The Morgan fingerprint density at radius 1 is 1.17 bits per heavy atom. The Kier molecular flexibility index (Phi) is 2.89. The van der Waals surface area contributed by atoms with E-state index in [0.29, 0.717) is 5.91 Å². The first-order valence-electron chi connectivity index (χ1n) is 7.05. The minimum Gasteiger partial charge on any atom is -0.342 e. The molecule has 0 bridgehead atoms. The van der Waals surface area contributed by atoms with Gasteiger partial charge in [0.2, 0.25) is 5.91 Å². The molecule has 0 atom stereocenters. The van der Waals surface area contributed by atoms with Crippen LogP contribution in [0.25, 0.3) is 0 Å². The number of amides is 1. The number of rotatable bonds is 3. The third-order valence-corrected chi connectivity index (χ3v) is 4.43. The lowest BCUT2D eigenvalue weighted by Gasteiger charge is -2.31. The summed E-state index contributed by atoms with van der Waals surface area (Å²) in [6, 6.07) is 8.87. The van der Waals surface area contributed by atoms with E-state index in [0.717, 1.165) is 25.9 Å². The van der Waals surface area contributed by atoms with Crippen LogP contribution in [0.2, 0.25) is 0 Å². The van der Waals surface area contributed by atoms with Gasteiger partial charge in [0.25, 0.3) is 0 Å². The van der Waals surface area contributed by atoms with Gasteiger partial charge in [-0.3, -0.25) is 4.79 Å². The molecule has 2 nitrogen and oxygen atoms in total. The lowest BCUT2D eigenvalue weighted by Crippen LogP contribution is -2.40. The largest absolute Gasteiger partial charge is 0.342 e. The maximum absolute atomic E-state index is 11.9. The van der Waals surface area contributed by atoms with Crippen LogP contribution in [0.4, 0.5) is 0 Å². The average Bonchev–Trinajstić information content (AvgIpc) is 3.14. The van der Waals surface area contributed by atoms with Crippen LogP contribution in [0.3, 0.4) is 0 Å². The number of aryl methyl sites for hydroxylation is 1. The molecule has 0 radical (unpaired) electrons. The van der Waals surface area contributed by atoms with Crippen LogP contribution in [0.5, 0.6) is 0 Å². The van der Waals surface area contributed by atoms with Crippen LogP contribution in [0, 0.1) is 6.92 Å². The zero-order chi connectivity index (χ0) is 12.6. The van der Waals surface area contributed by atoms with E-state index in [9.17, 15) is 4.79 Å². The van der Waals surface area contributed by atoms with E-state index in [1.54, 1.807) is 0 Å². The highest BCUT2D eigenvalue weighted by atomic mass is 16.2. The molecule has 1 saturated carbocycles. The van der Waals surface area contributed by atoms with E-state index in [4.69, 9.17) is 0 Å². The maximum atomic E-state index is 11.9. The van der Waals surface area contributed by atoms with Gasteiger partial charge in [0.15, 0.2) is 0 Å². The molecular weight excluding hydrogens is 222 g/mol. The van der Waals surface area contributed by atoms with Crippen LogP contribution < -0.4 is 0 Å². The highest BCUT2D eigenvalue weighted by Crippen LogP contribution is 2.49. The normalized spacial score (nSPS) is 22.1. The summed E-state index contributed by atoms with van der Waals surface area (Å²) >= 11 is 0. The highest BCUT2D eigenvalue weighted by Gasteiger charge is 2.46. The lowest BCUT2D eigenvalue weighted by molar-refractivity contribution is -0.133. The molecule has 18 heavy (non-hydrogen) atoms. The molecule has 1 aromatic rings. The molecule has 3 rings (SSSR count). The monoisotopic (exact) mass is 243 g/mol. The molecule has 0 spiro atoms. The average molecular weight is 243 g/mol. The first-order valence-corrected chi connectivity index (χ1v) is 7.05. The van der Waals surface area contributed by atoms with Crippen molar-refractivity contribution in [3.05, 3.63) is 35.4 Å². The molecule has 0 unspecified atom stereocenters. The summed E-state index contributed by atoms with van der Waals surface area (Å²) in [7, 11) is 0. The van der Waals surface area contributed by atoms with Crippen LogP contribution in [-0.2, 0) is 10.2 Å². The molecule has 2 fully saturated rings. The van der Waals surface area contributed by atoms with E-state index in [1.165, 1.54) is 30.4 Å². The summed E-state index contributed by atoms with van der Waals surface area (Å²) in [5.41, 5.74) is 3.01. The topological polar surface area (TPSA) is 20.3 Å². The molecule has 0 N–H and O–H groups in total. The first-order chi connectivity index (χ1) is 8.70. The van der Waals surface area contributed by atoms with Gasteiger partial charge in [-0.2, -0.15) is 0 Å². The quantitative estimate of drug-likeness (QED) is 0.799. The Morgan fingerprint density at radius 2 is 1.89 bits per heavy atom. The fraction of sp³-hybridized carbons (Fsp3) is 0.562. The van der Waals surface area contributed by atoms with Crippen molar-refractivity contribution in [1.82, 2.24) is 4.90 Å². The second kappa shape index (κ2) is 4.42. The van der Waals surface area contributed by atoms with Crippen molar-refractivity contribution >= 4 is 5.91 Å². The second-order valence-electron chi connectivity index (χ2n) is 5.92. The Bertz CT molecular complexity index is 445. The number of carbonyl (C=O) groups is 1. The van der Waals surface area contributed by atoms with Gasteiger partial charge in [0, 0.05) is 24.9 Å². The van der Waals surface area contributed by atoms with Crippen molar-refractivity contribution < 1.29 is 4.79 Å². The zero-order valence-electron chi connectivity index (χ0n) is 11.1. The van der Waals surface area contributed by atoms with Crippen molar-refractivity contribution in [2.45, 2.75) is 44.4 Å². The van der Waals surface area contributed by atoms with E-state index in [1.807, 2.05) is 0 Å². The molecule has 2 aliphatic rings. The van der Waals surface area contributed by atoms with Gasteiger partial charge in [-0.1, -0.05) is 29.8 Å². The Hall–Kier alpha value is -1.31. The maximum Gasteiger partial charge on any atom is 0.222 e. The molecule has 1 aromatic carbocycles. The van der Waals surface area contributed by atoms with Gasteiger partial charge in [-0.15, -0.1) is 0 Å². The summed E-state index contributed by atoms with van der Waals surface area (Å²) in [5, 5.41) is 0. The SMILES string of the molecule is Cc1ccc(C2(CN3CCCCC3=O)CC2)cc1. The molecule has 96 valence electrons. The van der Waals surface area contributed by atoms with Crippen LogP contribution >= 0.6 is 0 Å². The van der Waals surface area contributed by atoms with E-state index in [2.05, 4.69) is 36.1 Å². The number of likely N-dealkylation sites (tertiary alicyclic amines) is 1. The van der Waals surface area contributed by atoms with Gasteiger partial charge in [-0.05, 0) is 38.2 Å². The lowest BCUT2D eigenvalue weighted by atomic mass is 9.93. The Balaban J connectivity index is 1.75. The molecular formula is C16H21NO. The van der Waals surface area contributed by atoms with Gasteiger partial charge in [0.05, 0.1) is 0 Å².